The smallest absolute Gasteiger partial charge is 0.274 e. The van der Waals surface area contributed by atoms with E-state index in [-0.39, 0.29) is 5.91 Å². The Balaban J connectivity index is 1.40. The molecule has 130 valence electrons. The number of nitrogens with one attached hydrogen (secondary N) is 2. The van der Waals surface area contributed by atoms with Crippen LogP contribution in [0.15, 0.2) is 73.1 Å². The summed E-state index contributed by atoms with van der Waals surface area (Å²) in [6.07, 6.45) is 1.42. The molecular formula is C20H14N6O. The molecule has 0 radical (unpaired) electrons. The van der Waals surface area contributed by atoms with Crippen molar-refractivity contribution in [3.05, 3.63) is 78.8 Å². The Bertz CT molecular complexity index is 1240. The topological polar surface area (TPSA) is 88.0 Å². The molecule has 7 nitrogen and oxygen atoms in total. The van der Waals surface area contributed by atoms with Crippen LogP contribution in [0, 0.1) is 0 Å². The van der Waals surface area contributed by atoms with E-state index in [2.05, 4.69) is 25.4 Å². The van der Waals surface area contributed by atoms with Gasteiger partial charge in [-0.25, -0.2) is 14.5 Å². The predicted octanol–water partition coefficient (Wildman–Crippen LogP) is 3.52. The van der Waals surface area contributed by atoms with Gasteiger partial charge in [-0.15, -0.1) is 0 Å². The summed E-state index contributed by atoms with van der Waals surface area (Å²) in [5, 5.41) is 6.98. The number of fused-ring (bicyclic) bond motifs is 2. The molecular weight excluding hydrogens is 340 g/mol. The SMILES string of the molecule is O=C(Nc1ccc(-c2nc3ccccc3[nH]2)cc1)c1cccc2ncnn12. The third-order valence-electron chi connectivity index (χ3n) is 4.34. The number of imidazole rings is 1. The number of hydrogen-bond acceptors (Lipinski definition) is 4. The van der Waals surface area contributed by atoms with Crippen molar-refractivity contribution >= 4 is 28.3 Å². The van der Waals surface area contributed by atoms with Gasteiger partial charge < -0.3 is 10.3 Å². The molecule has 5 rings (SSSR count). The van der Waals surface area contributed by atoms with Crippen LogP contribution in [0.3, 0.4) is 0 Å². The van der Waals surface area contributed by atoms with Crippen LogP contribution in [0.5, 0.6) is 0 Å². The highest BCUT2D eigenvalue weighted by molar-refractivity contribution is 6.03. The highest BCUT2D eigenvalue weighted by atomic mass is 16.2. The van der Waals surface area contributed by atoms with E-state index >= 15 is 0 Å². The molecule has 0 aliphatic heterocycles. The number of nitrogens with zero attached hydrogens (tertiary/aromatic N) is 4. The van der Waals surface area contributed by atoms with Gasteiger partial charge >= 0.3 is 0 Å². The number of hydrogen-bond donors (Lipinski definition) is 2. The normalized spacial score (nSPS) is 11.1. The Morgan fingerprint density at radius 2 is 1.81 bits per heavy atom. The number of aromatic amines is 1. The van der Waals surface area contributed by atoms with Gasteiger partial charge in [0.2, 0.25) is 0 Å². The van der Waals surface area contributed by atoms with Crippen molar-refractivity contribution in [2.75, 3.05) is 5.32 Å². The standard InChI is InChI=1S/C20H14N6O/c27-20(17-6-3-7-18-21-12-22-26(17)18)23-14-10-8-13(9-11-14)19-24-15-4-1-2-5-16(15)25-19/h1-12H,(H,23,27)(H,24,25). The van der Waals surface area contributed by atoms with Gasteiger partial charge in [0.1, 0.15) is 17.8 Å². The number of pyridine rings is 1. The van der Waals surface area contributed by atoms with Crippen LogP contribution in [0.4, 0.5) is 5.69 Å². The Kier molecular flexibility index (Phi) is 3.43. The summed E-state index contributed by atoms with van der Waals surface area (Å²) in [6.45, 7) is 0. The zero-order valence-corrected chi connectivity index (χ0v) is 14.1. The van der Waals surface area contributed by atoms with Gasteiger partial charge in [0.05, 0.1) is 11.0 Å². The fourth-order valence-corrected chi connectivity index (χ4v) is 3.01. The minimum atomic E-state index is -0.248. The monoisotopic (exact) mass is 354 g/mol. The van der Waals surface area contributed by atoms with E-state index in [4.69, 9.17) is 0 Å². The lowest BCUT2D eigenvalue weighted by Gasteiger charge is -2.07. The number of para-hydroxylation sites is 2. The number of H-pyrrole nitrogens is 1. The summed E-state index contributed by atoms with van der Waals surface area (Å²) in [5.74, 6) is 0.545. The number of amides is 1. The van der Waals surface area contributed by atoms with Gasteiger partial charge in [0, 0.05) is 11.3 Å². The molecule has 5 aromatic rings. The molecule has 3 heterocycles. The minimum absolute atomic E-state index is 0.248. The molecule has 27 heavy (non-hydrogen) atoms. The summed E-state index contributed by atoms with van der Waals surface area (Å²) < 4.78 is 1.51. The molecule has 2 aromatic carbocycles. The van der Waals surface area contributed by atoms with Crippen molar-refractivity contribution in [3.63, 3.8) is 0 Å². The number of rotatable bonds is 3. The van der Waals surface area contributed by atoms with E-state index in [1.807, 2.05) is 48.5 Å². The summed E-state index contributed by atoms with van der Waals surface area (Å²) in [4.78, 5) is 24.6. The summed E-state index contributed by atoms with van der Waals surface area (Å²) in [6, 6.07) is 20.7. The lowest BCUT2D eigenvalue weighted by molar-refractivity contribution is 0.102. The second-order valence-electron chi connectivity index (χ2n) is 6.08. The molecule has 0 unspecified atom stereocenters. The molecule has 0 saturated carbocycles. The second-order valence-corrected chi connectivity index (χ2v) is 6.08. The lowest BCUT2D eigenvalue weighted by atomic mass is 10.2. The third kappa shape index (κ3) is 2.71. The average Bonchev–Trinajstić information content (AvgIpc) is 3.35. The molecule has 0 bridgehead atoms. The molecule has 3 aromatic heterocycles. The average molecular weight is 354 g/mol. The molecule has 0 aliphatic carbocycles. The molecule has 0 spiro atoms. The van der Waals surface area contributed by atoms with Crippen molar-refractivity contribution in [2.45, 2.75) is 0 Å². The van der Waals surface area contributed by atoms with Crippen molar-refractivity contribution in [1.29, 1.82) is 0 Å². The van der Waals surface area contributed by atoms with Crippen LogP contribution in [0.2, 0.25) is 0 Å². The number of carbonyl (C=O) groups excluding carboxylic acids is 1. The largest absolute Gasteiger partial charge is 0.338 e. The summed E-state index contributed by atoms with van der Waals surface area (Å²) in [5.41, 5.74) is 4.60. The van der Waals surface area contributed by atoms with Crippen LogP contribution >= 0.6 is 0 Å². The number of carbonyl (C=O) groups is 1. The first-order chi connectivity index (χ1) is 13.3. The quantitative estimate of drug-likeness (QED) is 0.519. The van der Waals surface area contributed by atoms with Gasteiger partial charge in [-0.2, -0.15) is 5.10 Å². The number of benzene rings is 2. The lowest BCUT2D eigenvalue weighted by Crippen LogP contribution is -2.16. The Morgan fingerprint density at radius 3 is 2.67 bits per heavy atom. The predicted molar refractivity (Wildman–Crippen MR) is 102 cm³/mol. The van der Waals surface area contributed by atoms with E-state index in [9.17, 15) is 4.79 Å². The van der Waals surface area contributed by atoms with Gasteiger partial charge in [0.25, 0.3) is 5.91 Å². The molecule has 1 amide bonds. The maximum absolute atomic E-state index is 12.6. The molecule has 7 heteroatoms. The van der Waals surface area contributed by atoms with Crippen LogP contribution in [-0.4, -0.2) is 30.5 Å². The molecule has 0 fully saturated rings. The van der Waals surface area contributed by atoms with E-state index in [0.29, 0.717) is 17.0 Å². The Morgan fingerprint density at radius 1 is 0.963 bits per heavy atom. The van der Waals surface area contributed by atoms with Gasteiger partial charge in [-0.05, 0) is 48.5 Å². The zero-order valence-electron chi connectivity index (χ0n) is 14.1. The first-order valence-electron chi connectivity index (χ1n) is 8.43. The number of aromatic nitrogens is 5. The molecule has 0 aliphatic rings. The summed E-state index contributed by atoms with van der Waals surface area (Å²) >= 11 is 0. The maximum Gasteiger partial charge on any atom is 0.274 e. The van der Waals surface area contributed by atoms with E-state index in [1.165, 1.54) is 10.8 Å². The molecule has 0 atom stereocenters. The van der Waals surface area contributed by atoms with Crippen molar-refractivity contribution < 1.29 is 4.79 Å². The second kappa shape index (κ2) is 6.06. The third-order valence-corrected chi connectivity index (χ3v) is 4.34. The van der Waals surface area contributed by atoms with Crippen LogP contribution in [-0.2, 0) is 0 Å². The van der Waals surface area contributed by atoms with Crippen LogP contribution in [0.1, 0.15) is 10.5 Å². The first kappa shape index (κ1) is 15.3. The highest BCUT2D eigenvalue weighted by Gasteiger charge is 2.12. The van der Waals surface area contributed by atoms with E-state index in [1.54, 1.807) is 18.2 Å². The molecule has 0 saturated heterocycles. The van der Waals surface area contributed by atoms with Crippen LogP contribution < -0.4 is 5.32 Å². The van der Waals surface area contributed by atoms with E-state index < -0.39 is 0 Å². The van der Waals surface area contributed by atoms with E-state index in [0.717, 1.165) is 22.4 Å². The van der Waals surface area contributed by atoms with Crippen LogP contribution in [0.25, 0.3) is 28.1 Å². The molecule has 2 N–H and O–H groups in total. The van der Waals surface area contributed by atoms with Crippen molar-refractivity contribution in [3.8, 4) is 11.4 Å². The van der Waals surface area contributed by atoms with Crippen molar-refractivity contribution in [2.24, 2.45) is 0 Å². The fraction of sp³-hybridized carbons (Fsp3) is 0. The van der Waals surface area contributed by atoms with Gasteiger partial charge in [0.15, 0.2) is 5.65 Å². The first-order valence-corrected chi connectivity index (χ1v) is 8.43. The Labute approximate surface area is 153 Å². The highest BCUT2D eigenvalue weighted by Crippen LogP contribution is 2.22. The van der Waals surface area contributed by atoms with Gasteiger partial charge in [-0.1, -0.05) is 18.2 Å². The Hall–Kier alpha value is -4.00. The minimum Gasteiger partial charge on any atom is -0.338 e. The zero-order chi connectivity index (χ0) is 18.2. The van der Waals surface area contributed by atoms with Gasteiger partial charge in [-0.3, -0.25) is 4.79 Å². The number of anilines is 1. The fourth-order valence-electron chi connectivity index (χ4n) is 3.01. The summed E-state index contributed by atoms with van der Waals surface area (Å²) in [7, 11) is 0. The maximum atomic E-state index is 12.6. The van der Waals surface area contributed by atoms with Crippen molar-refractivity contribution in [1.82, 2.24) is 24.6 Å².